The summed E-state index contributed by atoms with van der Waals surface area (Å²) in [5.74, 6) is 0. The largest absolute Gasteiger partial charge is 0.385 e. The molecule has 3 rings (SSSR count). The summed E-state index contributed by atoms with van der Waals surface area (Å²) < 4.78 is 6.56. The minimum atomic E-state index is 0.0798. The minimum Gasteiger partial charge on any atom is -0.385 e. The Kier molecular flexibility index (Phi) is 3.94. The van der Waals surface area contributed by atoms with Gasteiger partial charge in [0.05, 0.1) is 0 Å². The van der Waals surface area contributed by atoms with Gasteiger partial charge in [-0.3, -0.25) is 0 Å². The molecule has 0 aliphatic heterocycles. The molecule has 1 aliphatic rings. The number of benzene rings is 2. The molecule has 0 saturated carbocycles. The molecule has 2 heteroatoms. The molecule has 1 unspecified atom stereocenters. The third-order valence-electron chi connectivity index (χ3n) is 4.81. The van der Waals surface area contributed by atoms with E-state index in [0.717, 1.165) is 23.9 Å². The monoisotopic (exact) mass is 344 g/mol. The molecule has 2 aromatic rings. The summed E-state index contributed by atoms with van der Waals surface area (Å²) in [5, 5.41) is 0. The van der Waals surface area contributed by atoms with E-state index >= 15 is 0 Å². The average Bonchev–Trinajstić information content (AvgIpc) is 2.74. The lowest BCUT2D eigenvalue weighted by Gasteiger charge is -2.31. The molecule has 21 heavy (non-hydrogen) atoms. The standard InChI is InChI=1S/C19H21BrO/c1-4-19(9-10-21-3)17-11-13(2)5-7-15(17)16-8-6-14(20)12-18(16)19/h5-8,11-12H,4,9-10H2,1-3H3. The Hall–Kier alpha value is -1.12. The predicted octanol–water partition coefficient (Wildman–Crippen LogP) is 5.47. The van der Waals surface area contributed by atoms with Gasteiger partial charge in [-0.15, -0.1) is 0 Å². The topological polar surface area (TPSA) is 9.23 Å². The Balaban J connectivity index is 2.27. The van der Waals surface area contributed by atoms with E-state index in [1.54, 1.807) is 7.11 Å². The lowest BCUT2D eigenvalue weighted by Crippen LogP contribution is -2.26. The van der Waals surface area contributed by atoms with Crippen molar-refractivity contribution in [2.75, 3.05) is 13.7 Å². The third-order valence-corrected chi connectivity index (χ3v) is 5.31. The number of aryl methyl sites for hydroxylation is 1. The van der Waals surface area contributed by atoms with Gasteiger partial charge in [-0.2, -0.15) is 0 Å². The van der Waals surface area contributed by atoms with Gasteiger partial charge in [0.2, 0.25) is 0 Å². The average molecular weight is 345 g/mol. The van der Waals surface area contributed by atoms with E-state index < -0.39 is 0 Å². The van der Waals surface area contributed by atoms with Crippen molar-refractivity contribution in [1.82, 2.24) is 0 Å². The number of rotatable bonds is 4. The van der Waals surface area contributed by atoms with Gasteiger partial charge in [0.1, 0.15) is 0 Å². The molecule has 0 heterocycles. The maximum atomic E-state index is 5.41. The number of ether oxygens (including phenoxy) is 1. The van der Waals surface area contributed by atoms with Crippen molar-refractivity contribution in [3.63, 3.8) is 0 Å². The quantitative estimate of drug-likeness (QED) is 0.714. The fraction of sp³-hybridized carbons (Fsp3) is 0.368. The first-order valence-corrected chi connectivity index (χ1v) is 8.32. The van der Waals surface area contributed by atoms with E-state index in [9.17, 15) is 0 Å². The summed E-state index contributed by atoms with van der Waals surface area (Å²) in [7, 11) is 1.79. The molecule has 0 spiro atoms. The van der Waals surface area contributed by atoms with Crippen LogP contribution < -0.4 is 0 Å². The van der Waals surface area contributed by atoms with Crippen molar-refractivity contribution in [2.24, 2.45) is 0 Å². The van der Waals surface area contributed by atoms with E-state index in [0.29, 0.717) is 0 Å². The Morgan fingerprint density at radius 2 is 1.71 bits per heavy atom. The van der Waals surface area contributed by atoms with Gasteiger partial charge in [0, 0.05) is 23.6 Å². The van der Waals surface area contributed by atoms with E-state index in [1.165, 1.54) is 27.8 Å². The molecule has 1 atom stereocenters. The minimum absolute atomic E-state index is 0.0798. The molecule has 0 aromatic heterocycles. The van der Waals surface area contributed by atoms with Gasteiger partial charge in [0.25, 0.3) is 0 Å². The van der Waals surface area contributed by atoms with Crippen molar-refractivity contribution in [3.8, 4) is 11.1 Å². The van der Waals surface area contributed by atoms with Crippen LogP contribution in [0.3, 0.4) is 0 Å². The second-order valence-corrected chi connectivity index (χ2v) is 6.83. The first kappa shape index (κ1) is 14.8. The van der Waals surface area contributed by atoms with Crippen LogP contribution in [0, 0.1) is 6.92 Å². The fourth-order valence-corrected chi connectivity index (χ4v) is 4.05. The number of methoxy groups -OCH3 is 1. The number of hydrogen-bond acceptors (Lipinski definition) is 1. The molecule has 1 aliphatic carbocycles. The van der Waals surface area contributed by atoms with Gasteiger partial charge in [0.15, 0.2) is 0 Å². The van der Waals surface area contributed by atoms with Crippen molar-refractivity contribution < 1.29 is 4.74 Å². The summed E-state index contributed by atoms with van der Waals surface area (Å²) in [4.78, 5) is 0. The van der Waals surface area contributed by atoms with Crippen molar-refractivity contribution in [2.45, 2.75) is 32.1 Å². The van der Waals surface area contributed by atoms with Crippen LogP contribution in [0.4, 0.5) is 0 Å². The number of fused-ring (bicyclic) bond motifs is 3. The van der Waals surface area contributed by atoms with Crippen LogP contribution in [0.1, 0.15) is 36.5 Å². The first-order chi connectivity index (χ1) is 10.1. The zero-order valence-electron chi connectivity index (χ0n) is 12.9. The summed E-state index contributed by atoms with van der Waals surface area (Å²) in [6, 6.07) is 13.5. The molecular formula is C19H21BrO. The van der Waals surface area contributed by atoms with Gasteiger partial charge in [-0.05, 0) is 54.2 Å². The molecule has 1 nitrogen and oxygen atoms in total. The molecule has 0 N–H and O–H groups in total. The normalized spacial score (nSPS) is 19.4. The van der Waals surface area contributed by atoms with Crippen LogP contribution in [0.25, 0.3) is 11.1 Å². The molecular weight excluding hydrogens is 324 g/mol. The van der Waals surface area contributed by atoms with E-state index in [-0.39, 0.29) is 5.41 Å². The highest BCUT2D eigenvalue weighted by molar-refractivity contribution is 9.10. The summed E-state index contributed by atoms with van der Waals surface area (Å²) in [6.07, 6.45) is 2.12. The molecule has 2 aromatic carbocycles. The smallest absolute Gasteiger partial charge is 0.0474 e. The van der Waals surface area contributed by atoms with Crippen LogP contribution >= 0.6 is 15.9 Å². The Morgan fingerprint density at radius 1 is 1.05 bits per heavy atom. The van der Waals surface area contributed by atoms with Crippen LogP contribution in [0.2, 0.25) is 0 Å². The molecule has 0 fully saturated rings. The van der Waals surface area contributed by atoms with Crippen LogP contribution in [0.5, 0.6) is 0 Å². The second-order valence-electron chi connectivity index (χ2n) is 5.92. The van der Waals surface area contributed by atoms with Crippen molar-refractivity contribution >= 4 is 15.9 Å². The Labute approximate surface area is 135 Å². The molecule has 0 saturated heterocycles. The van der Waals surface area contributed by atoms with Gasteiger partial charge in [-0.25, -0.2) is 0 Å². The highest BCUT2D eigenvalue weighted by atomic mass is 79.9. The van der Waals surface area contributed by atoms with E-state index in [2.05, 4.69) is 66.2 Å². The summed E-state index contributed by atoms with van der Waals surface area (Å²) >= 11 is 3.64. The SMILES string of the molecule is CCC1(CCOC)c2cc(C)ccc2-c2ccc(Br)cc21. The fourth-order valence-electron chi connectivity index (χ4n) is 3.68. The Morgan fingerprint density at radius 3 is 2.38 bits per heavy atom. The maximum absolute atomic E-state index is 5.41. The van der Waals surface area contributed by atoms with Crippen LogP contribution in [-0.4, -0.2) is 13.7 Å². The Bertz CT molecular complexity index is 624. The third kappa shape index (κ3) is 2.25. The molecule has 0 radical (unpaired) electrons. The number of halogens is 1. The first-order valence-electron chi connectivity index (χ1n) is 7.53. The van der Waals surface area contributed by atoms with Crippen molar-refractivity contribution in [1.29, 1.82) is 0 Å². The summed E-state index contributed by atoms with van der Waals surface area (Å²) in [5.41, 5.74) is 7.09. The zero-order valence-corrected chi connectivity index (χ0v) is 14.5. The molecule has 0 bridgehead atoms. The van der Waals surface area contributed by atoms with E-state index in [4.69, 9.17) is 4.74 Å². The van der Waals surface area contributed by atoms with Gasteiger partial charge < -0.3 is 4.74 Å². The molecule has 0 amide bonds. The number of hydrogen-bond donors (Lipinski definition) is 0. The predicted molar refractivity (Wildman–Crippen MR) is 91.9 cm³/mol. The van der Waals surface area contributed by atoms with Gasteiger partial charge >= 0.3 is 0 Å². The lowest BCUT2D eigenvalue weighted by atomic mass is 9.73. The highest BCUT2D eigenvalue weighted by Crippen LogP contribution is 2.53. The van der Waals surface area contributed by atoms with Crippen LogP contribution in [-0.2, 0) is 10.2 Å². The summed E-state index contributed by atoms with van der Waals surface area (Å²) in [6.45, 7) is 5.25. The lowest BCUT2D eigenvalue weighted by molar-refractivity contribution is 0.174. The van der Waals surface area contributed by atoms with Gasteiger partial charge in [-0.1, -0.05) is 52.7 Å². The van der Waals surface area contributed by atoms with Crippen LogP contribution in [0.15, 0.2) is 40.9 Å². The zero-order chi connectivity index (χ0) is 15.0. The highest BCUT2D eigenvalue weighted by Gasteiger charge is 2.41. The second kappa shape index (κ2) is 5.58. The van der Waals surface area contributed by atoms with Crippen molar-refractivity contribution in [3.05, 3.63) is 57.6 Å². The maximum Gasteiger partial charge on any atom is 0.0474 e. The molecule has 110 valence electrons. The van der Waals surface area contributed by atoms with E-state index in [1.807, 2.05) is 0 Å².